The Morgan fingerprint density at radius 2 is 1.80 bits per heavy atom. The van der Waals surface area contributed by atoms with Crippen LogP contribution in [0, 0.1) is 19.7 Å². The van der Waals surface area contributed by atoms with Gasteiger partial charge < -0.3 is 20.4 Å². The van der Waals surface area contributed by atoms with E-state index in [1.807, 2.05) is 19.9 Å². The Balaban J connectivity index is 1.38. The van der Waals surface area contributed by atoms with E-state index in [-0.39, 0.29) is 28.6 Å². The third kappa shape index (κ3) is 6.33. The van der Waals surface area contributed by atoms with E-state index in [1.54, 1.807) is 22.9 Å². The molecule has 1 saturated carbocycles. The molecule has 0 unspecified atom stereocenters. The average Bonchev–Trinajstić information content (AvgIpc) is 3.04. The summed E-state index contributed by atoms with van der Waals surface area (Å²) >= 11 is 6.43. The van der Waals surface area contributed by atoms with Crippen molar-refractivity contribution >= 4 is 45.9 Å². The van der Waals surface area contributed by atoms with E-state index in [0.717, 1.165) is 50.3 Å². The quantitative estimate of drug-likeness (QED) is 0.241. The van der Waals surface area contributed by atoms with Gasteiger partial charge in [-0.1, -0.05) is 30.7 Å². The minimum Gasteiger partial charge on any atom is -0.369 e. The number of benzene rings is 2. The van der Waals surface area contributed by atoms with Crippen LogP contribution in [0.4, 0.5) is 21.7 Å². The van der Waals surface area contributed by atoms with E-state index in [1.165, 1.54) is 11.8 Å². The summed E-state index contributed by atoms with van der Waals surface area (Å²) in [5, 5.41) is 7.06. The number of aryl methyl sites for hydroxylation is 2. The molecule has 9 nitrogen and oxygen atoms in total. The maximum Gasteiger partial charge on any atom is 0.260 e. The molecule has 6 rings (SSSR count). The van der Waals surface area contributed by atoms with Crippen LogP contribution in [0.3, 0.4) is 0 Å². The van der Waals surface area contributed by atoms with Gasteiger partial charge in [0, 0.05) is 73.2 Å². The number of nitrogens with one attached hydrogen (secondary N) is 2. The second-order valence-electron chi connectivity index (χ2n) is 12.6. The van der Waals surface area contributed by atoms with E-state index in [9.17, 15) is 14.0 Å². The Labute approximate surface area is 273 Å². The molecule has 0 atom stereocenters. The van der Waals surface area contributed by atoms with E-state index in [4.69, 9.17) is 16.6 Å². The summed E-state index contributed by atoms with van der Waals surface area (Å²) in [5.74, 6) is -0.173. The van der Waals surface area contributed by atoms with Crippen molar-refractivity contribution in [3.8, 4) is 11.1 Å². The smallest absolute Gasteiger partial charge is 0.260 e. The minimum absolute atomic E-state index is 0.0275. The number of hydrogen-bond donors (Lipinski definition) is 2. The molecule has 2 N–H and O–H groups in total. The first-order valence-electron chi connectivity index (χ1n) is 16.1. The van der Waals surface area contributed by atoms with Gasteiger partial charge in [0.05, 0.1) is 10.6 Å². The fraction of sp³-hybridized carbons (Fsp3) is 0.429. The summed E-state index contributed by atoms with van der Waals surface area (Å²) in [7, 11) is 2.15. The summed E-state index contributed by atoms with van der Waals surface area (Å²) in [5.41, 5.74) is 4.82. The number of piperazine rings is 1. The highest BCUT2D eigenvalue weighted by Crippen LogP contribution is 2.36. The Morgan fingerprint density at radius 3 is 2.50 bits per heavy atom. The Bertz CT molecular complexity index is 1830. The second-order valence-corrected chi connectivity index (χ2v) is 12.9. The van der Waals surface area contributed by atoms with Crippen molar-refractivity contribution in [1.29, 1.82) is 0 Å². The normalized spacial score (nSPS) is 19.0. The fourth-order valence-electron chi connectivity index (χ4n) is 6.82. The first kappa shape index (κ1) is 31.9. The average molecular weight is 646 g/mol. The van der Waals surface area contributed by atoms with Crippen LogP contribution in [0.1, 0.15) is 56.2 Å². The van der Waals surface area contributed by atoms with Crippen LogP contribution in [0.2, 0.25) is 5.02 Å². The number of halogens is 2. The van der Waals surface area contributed by atoms with Crippen LogP contribution in [0.15, 0.2) is 47.4 Å². The number of fused-ring (bicyclic) bond motifs is 1. The van der Waals surface area contributed by atoms with Gasteiger partial charge in [-0.25, -0.2) is 9.37 Å². The molecule has 2 aliphatic rings. The van der Waals surface area contributed by atoms with Crippen LogP contribution in [-0.4, -0.2) is 64.6 Å². The first-order chi connectivity index (χ1) is 22.1. The number of likely N-dealkylation sites (N-methyl/N-ethyl adjacent to an activating group) is 1. The molecule has 3 heterocycles. The van der Waals surface area contributed by atoms with Gasteiger partial charge in [0.25, 0.3) is 5.56 Å². The molecule has 1 aliphatic heterocycles. The summed E-state index contributed by atoms with van der Waals surface area (Å²) < 4.78 is 16.3. The van der Waals surface area contributed by atoms with Crippen LogP contribution in [0.5, 0.6) is 0 Å². The van der Waals surface area contributed by atoms with E-state index < -0.39 is 5.82 Å². The molecule has 0 spiro atoms. The number of aromatic nitrogens is 3. The molecule has 2 aromatic carbocycles. The summed E-state index contributed by atoms with van der Waals surface area (Å²) in [6.45, 7) is 9.83. The van der Waals surface area contributed by atoms with Gasteiger partial charge in [-0.3, -0.25) is 14.2 Å². The number of amides is 1. The maximum atomic E-state index is 14.6. The largest absolute Gasteiger partial charge is 0.369 e. The summed E-state index contributed by atoms with van der Waals surface area (Å²) in [4.78, 5) is 40.8. The topological polar surface area (TPSA) is 95.4 Å². The van der Waals surface area contributed by atoms with Crippen molar-refractivity contribution in [3.05, 3.63) is 74.9 Å². The highest BCUT2D eigenvalue weighted by atomic mass is 35.5. The van der Waals surface area contributed by atoms with Crippen LogP contribution in [-0.2, 0) is 4.79 Å². The lowest BCUT2D eigenvalue weighted by atomic mass is 9.90. The number of nitrogens with zero attached hydrogens (tertiary/aromatic N) is 5. The van der Waals surface area contributed by atoms with Gasteiger partial charge in [0.15, 0.2) is 0 Å². The SMILES string of the molecule is CCC(=O)N[C@H]1CC[C@@H](n2c(=O)c(-c3cccc(F)c3Cl)c(C)c3cnc(Nc4ccc(N5CCN(C)CC5)c(C)c4)nc32)CC1. The number of anilines is 3. The van der Waals surface area contributed by atoms with Crippen LogP contribution < -0.4 is 21.1 Å². The van der Waals surface area contributed by atoms with Gasteiger partial charge in [-0.05, 0) is 82.0 Å². The van der Waals surface area contributed by atoms with Gasteiger partial charge in [-0.15, -0.1) is 0 Å². The number of hydrogen-bond acceptors (Lipinski definition) is 7. The predicted molar refractivity (Wildman–Crippen MR) is 183 cm³/mol. The highest BCUT2D eigenvalue weighted by molar-refractivity contribution is 6.33. The number of rotatable bonds is 7. The fourth-order valence-corrected chi connectivity index (χ4v) is 7.04. The Kier molecular flexibility index (Phi) is 9.29. The van der Waals surface area contributed by atoms with Gasteiger partial charge in [0.1, 0.15) is 11.5 Å². The third-order valence-electron chi connectivity index (χ3n) is 9.47. The van der Waals surface area contributed by atoms with E-state index in [2.05, 4.69) is 51.5 Å². The summed E-state index contributed by atoms with van der Waals surface area (Å²) in [6, 6.07) is 10.7. The van der Waals surface area contributed by atoms with Gasteiger partial charge in [-0.2, -0.15) is 4.98 Å². The molecule has 46 heavy (non-hydrogen) atoms. The van der Waals surface area contributed by atoms with Crippen molar-refractivity contribution in [2.24, 2.45) is 0 Å². The first-order valence-corrected chi connectivity index (χ1v) is 16.5. The Hall–Kier alpha value is -4.02. The zero-order valence-electron chi connectivity index (χ0n) is 26.9. The van der Waals surface area contributed by atoms with E-state index >= 15 is 0 Å². The molecule has 242 valence electrons. The van der Waals surface area contributed by atoms with Crippen LogP contribution in [0.25, 0.3) is 22.2 Å². The molecule has 1 aliphatic carbocycles. The zero-order valence-corrected chi connectivity index (χ0v) is 27.6. The third-order valence-corrected chi connectivity index (χ3v) is 9.86. The monoisotopic (exact) mass is 645 g/mol. The van der Waals surface area contributed by atoms with Gasteiger partial charge in [0.2, 0.25) is 11.9 Å². The molecule has 2 aromatic heterocycles. The number of carbonyl (C=O) groups is 1. The molecule has 1 amide bonds. The van der Waals surface area contributed by atoms with Crippen LogP contribution >= 0.6 is 11.6 Å². The van der Waals surface area contributed by atoms with Crippen molar-refractivity contribution < 1.29 is 9.18 Å². The lowest BCUT2D eigenvalue weighted by Gasteiger charge is -2.35. The summed E-state index contributed by atoms with van der Waals surface area (Å²) in [6.07, 6.45) is 5.01. The molecule has 4 aromatic rings. The molecule has 0 bridgehead atoms. The van der Waals surface area contributed by atoms with Crippen molar-refractivity contribution in [2.75, 3.05) is 43.4 Å². The minimum atomic E-state index is -0.582. The van der Waals surface area contributed by atoms with Crippen molar-refractivity contribution in [3.63, 3.8) is 0 Å². The standard InChI is InChI=1S/C35H41ClFN7O2/c1-5-30(45)39-23-9-12-25(13-10-23)44-33-27(22(3)31(34(44)46)26-7-6-8-28(37)32(26)36)20-38-35(41-33)40-24-11-14-29(21(2)19-24)43-17-15-42(4)16-18-43/h6-8,11,14,19-20,23,25H,5,9-10,12-13,15-18H2,1-4H3,(H,39,45)(H,38,40,41)/t23-,25+. The molecular weight excluding hydrogens is 605 g/mol. The molecule has 11 heteroatoms. The molecule has 2 fully saturated rings. The molecular formula is C35H41ClFN7O2. The molecule has 1 saturated heterocycles. The number of carbonyl (C=O) groups excluding carboxylic acids is 1. The maximum absolute atomic E-state index is 14.6. The highest BCUT2D eigenvalue weighted by Gasteiger charge is 2.29. The van der Waals surface area contributed by atoms with Crippen molar-refractivity contribution in [1.82, 2.24) is 24.8 Å². The Morgan fingerprint density at radius 1 is 1.07 bits per heavy atom. The van der Waals surface area contributed by atoms with E-state index in [0.29, 0.717) is 52.9 Å². The second kappa shape index (κ2) is 13.4. The molecule has 0 radical (unpaired) electrons. The lowest BCUT2D eigenvalue weighted by Crippen LogP contribution is -2.44. The zero-order chi connectivity index (χ0) is 32.5. The van der Waals surface area contributed by atoms with Gasteiger partial charge >= 0.3 is 0 Å². The van der Waals surface area contributed by atoms with Crippen molar-refractivity contribution in [2.45, 2.75) is 65.0 Å². The number of pyridine rings is 1. The predicted octanol–water partition coefficient (Wildman–Crippen LogP) is 6.37. The lowest BCUT2D eigenvalue weighted by molar-refractivity contribution is -0.121.